The Hall–Kier alpha value is -1.14. The summed E-state index contributed by atoms with van der Waals surface area (Å²) >= 11 is 0. The molecule has 6 nitrogen and oxygen atoms in total. The first-order chi connectivity index (χ1) is 7.99. The number of aliphatic hydroxyl groups excluding tert-OH is 1. The van der Waals surface area contributed by atoms with Gasteiger partial charge in [0.15, 0.2) is 0 Å². The molecule has 1 fully saturated rings. The van der Waals surface area contributed by atoms with Gasteiger partial charge in [0.2, 0.25) is 5.91 Å². The average molecular weight is 244 g/mol. The summed E-state index contributed by atoms with van der Waals surface area (Å²) in [6, 6.07) is -1.06. The van der Waals surface area contributed by atoms with Gasteiger partial charge >= 0.3 is 5.97 Å². The van der Waals surface area contributed by atoms with Gasteiger partial charge in [-0.25, -0.2) is 4.79 Å². The van der Waals surface area contributed by atoms with Gasteiger partial charge in [-0.3, -0.25) is 4.79 Å². The highest BCUT2D eigenvalue weighted by Crippen LogP contribution is 2.26. The van der Waals surface area contributed by atoms with Gasteiger partial charge < -0.3 is 21.3 Å². The molecule has 0 aromatic carbocycles. The van der Waals surface area contributed by atoms with E-state index in [9.17, 15) is 9.59 Å². The number of nitrogens with one attached hydrogen (secondary N) is 1. The lowest BCUT2D eigenvalue weighted by Gasteiger charge is -2.32. The number of aliphatic carboxylic acids is 1. The molecule has 0 radical (unpaired) electrons. The number of hydrogen-bond acceptors (Lipinski definition) is 4. The fourth-order valence-electron chi connectivity index (χ4n) is 2.10. The molecule has 0 saturated heterocycles. The van der Waals surface area contributed by atoms with E-state index < -0.39 is 23.5 Å². The minimum Gasteiger partial charge on any atom is -0.480 e. The molecule has 1 aliphatic carbocycles. The van der Waals surface area contributed by atoms with E-state index in [1.54, 1.807) is 0 Å². The van der Waals surface area contributed by atoms with Gasteiger partial charge in [0.25, 0.3) is 0 Å². The normalized spacial score (nSPS) is 20.6. The third-order valence-electron chi connectivity index (χ3n) is 3.22. The Kier molecular flexibility index (Phi) is 4.89. The fraction of sp³-hybridized carbons (Fsp3) is 0.818. The van der Waals surface area contributed by atoms with Gasteiger partial charge in [-0.15, -0.1) is 0 Å². The van der Waals surface area contributed by atoms with Gasteiger partial charge in [0.05, 0.1) is 5.54 Å². The summed E-state index contributed by atoms with van der Waals surface area (Å²) in [5.41, 5.74) is 5.04. The zero-order valence-corrected chi connectivity index (χ0v) is 9.82. The smallest absolute Gasteiger partial charge is 0.326 e. The highest BCUT2D eigenvalue weighted by atomic mass is 16.4. The molecule has 0 aromatic heterocycles. The maximum atomic E-state index is 11.9. The predicted molar refractivity (Wildman–Crippen MR) is 61.3 cm³/mol. The largest absolute Gasteiger partial charge is 0.480 e. The van der Waals surface area contributed by atoms with Gasteiger partial charge in [0.1, 0.15) is 6.04 Å². The van der Waals surface area contributed by atoms with E-state index in [4.69, 9.17) is 15.9 Å². The number of amides is 1. The van der Waals surface area contributed by atoms with Crippen molar-refractivity contribution in [2.75, 3.05) is 6.61 Å². The third-order valence-corrected chi connectivity index (χ3v) is 3.22. The summed E-state index contributed by atoms with van der Waals surface area (Å²) in [6.45, 7) is -0.283. The number of carbonyl (C=O) groups excluding carboxylic acids is 1. The van der Waals surface area contributed by atoms with Gasteiger partial charge in [-0.05, 0) is 12.8 Å². The molecule has 6 heteroatoms. The Morgan fingerprint density at radius 3 is 2.35 bits per heavy atom. The van der Waals surface area contributed by atoms with Gasteiger partial charge in [0, 0.05) is 13.0 Å². The van der Waals surface area contributed by atoms with Crippen LogP contribution in [0.5, 0.6) is 0 Å². The molecule has 0 aromatic rings. The monoisotopic (exact) mass is 244 g/mol. The molecule has 1 saturated carbocycles. The number of aliphatic hydroxyl groups is 1. The molecule has 1 amide bonds. The second-order valence-electron chi connectivity index (χ2n) is 4.59. The van der Waals surface area contributed by atoms with E-state index in [0.29, 0.717) is 12.8 Å². The molecule has 98 valence electrons. The second kappa shape index (κ2) is 5.97. The van der Waals surface area contributed by atoms with Gasteiger partial charge in [-0.1, -0.05) is 19.3 Å². The average Bonchev–Trinajstić information content (AvgIpc) is 2.29. The van der Waals surface area contributed by atoms with Crippen LogP contribution in [0.2, 0.25) is 0 Å². The van der Waals surface area contributed by atoms with Crippen molar-refractivity contribution in [1.82, 2.24) is 5.32 Å². The highest BCUT2D eigenvalue weighted by Gasteiger charge is 2.37. The number of carboxylic acids is 1. The lowest BCUT2D eigenvalue weighted by atomic mass is 9.81. The van der Waals surface area contributed by atoms with Crippen LogP contribution >= 0.6 is 0 Å². The summed E-state index contributed by atoms with van der Waals surface area (Å²) in [5, 5.41) is 20.0. The summed E-state index contributed by atoms with van der Waals surface area (Å²) in [6.07, 6.45) is 4.01. The molecule has 1 atom stereocenters. The molecular formula is C11H20N2O4. The van der Waals surface area contributed by atoms with Crippen molar-refractivity contribution < 1.29 is 19.8 Å². The molecule has 5 N–H and O–H groups in total. The predicted octanol–water partition coefficient (Wildman–Crippen LogP) is -0.400. The van der Waals surface area contributed by atoms with Crippen LogP contribution in [-0.2, 0) is 9.59 Å². The van der Waals surface area contributed by atoms with Crippen LogP contribution in [0.4, 0.5) is 0 Å². The van der Waals surface area contributed by atoms with Crippen molar-refractivity contribution >= 4 is 11.9 Å². The van der Waals surface area contributed by atoms with Crippen LogP contribution in [0.15, 0.2) is 0 Å². The van der Waals surface area contributed by atoms with E-state index in [-0.39, 0.29) is 13.0 Å². The van der Waals surface area contributed by atoms with Crippen molar-refractivity contribution in [3.8, 4) is 0 Å². The zero-order chi connectivity index (χ0) is 12.9. The summed E-state index contributed by atoms with van der Waals surface area (Å²) in [5.74, 6) is -1.56. The van der Waals surface area contributed by atoms with Crippen molar-refractivity contribution in [3.05, 3.63) is 0 Å². The van der Waals surface area contributed by atoms with Crippen LogP contribution in [0.3, 0.4) is 0 Å². The number of rotatable bonds is 5. The first-order valence-corrected chi connectivity index (χ1v) is 5.93. The maximum absolute atomic E-state index is 11.9. The molecule has 0 spiro atoms. The number of carboxylic acid groups (broad SMARTS) is 1. The SMILES string of the molecule is NC1(C(=O)N[C@@H](CCO)C(=O)O)CCCCC1. The molecule has 0 unspecified atom stereocenters. The van der Waals surface area contributed by atoms with E-state index in [1.165, 1.54) is 0 Å². The summed E-state index contributed by atoms with van der Waals surface area (Å²) < 4.78 is 0. The Morgan fingerprint density at radius 2 is 1.88 bits per heavy atom. The van der Waals surface area contributed by atoms with E-state index in [2.05, 4.69) is 5.32 Å². The van der Waals surface area contributed by atoms with Gasteiger partial charge in [-0.2, -0.15) is 0 Å². The third kappa shape index (κ3) is 3.67. The van der Waals surface area contributed by atoms with Crippen LogP contribution in [0.1, 0.15) is 38.5 Å². The Morgan fingerprint density at radius 1 is 1.29 bits per heavy atom. The summed E-state index contributed by atoms with van der Waals surface area (Å²) in [4.78, 5) is 22.8. The molecule has 0 aliphatic heterocycles. The quantitative estimate of drug-likeness (QED) is 0.525. The standard InChI is InChI=1S/C11H20N2O4/c12-11(5-2-1-3-6-11)10(17)13-8(4-7-14)9(15)16/h8,14H,1-7,12H2,(H,13,17)(H,15,16)/t8-/m0/s1. The van der Waals surface area contributed by atoms with E-state index in [0.717, 1.165) is 19.3 Å². The first kappa shape index (κ1) is 13.9. The summed E-state index contributed by atoms with van der Waals surface area (Å²) in [7, 11) is 0. The second-order valence-corrected chi connectivity index (χ2v) is 4.59. The van der Waals surface area contributed by atoms with E-state index >= 15 is 0 Å². The van der Waals surface area contributed by atoms with Crippen molar-refractivity contribution in [2.24, 2.45) is 5.73 Å². The topological polar surface area (TPSA) is 113 Å². The minimum absolute atomic E-state index is 0.00282. The lowest BCUT2D eigenvalue weighted by Crippen LogP contribution is -2.58. The molecular weight excluding hydrogens is 224 g/mol. The molecule has 0 heterocycles. The Bertz CT molecular complexity index is 287. The molecule has 0 bridgehead atoms. The Labute approximate surface area is 100 Å². The van der Waals surface area contributed by atoms with Crippen molar-refractivity contribution in [2.45, 2.75) is 50.1 Å². The zero-order valence-electron chi connectivity index (χ0n) is 9.82. The van der Waals surface area contributed by atoms with Crippen molar-refractivity contribution in [3.63, 3.8) is 0 Å². The fourth-order valence-corrected chi connectivity index (χ4v) is 2.10. The first-order valence-electron chi connectivity index (χ1n) is 5.93. The molecule has 1 aliphatic rings. The Balaban J connectivity index is 2.59. The number of hydrogen-bond donors (Lipinski definition) is 4. The molecule has 17 heavy (non-hydrogen) atoms. The molecule has 1 rings (SSSR count). The minimum atomic E-state index is -1.15. The van der Waals surface area contributed by atoms with Crippen LogP contribution in [0.25, 0.3) is 0 Å². The van der Waals surface area contributed by atoms with Crippen LogP contribution < -0.4 is 11.1 Å². The maximum Gasteiger partial charge on any atom is 0.326 e. The number of carbonyl (C=O) groups is 2. The van der Waals surface area contributed by atoms with Crippen LogP contribution in [0, 0.1) is 0 Å². The lowest BCUT2D eigenvalue weighted by molar-refractivity contribution is -0.143. The number of nitrogens with two attached hydrogens (primary N) is 1. The highest BCUT2D eigenvalue weighted by molar-refractivity contribution is 5.90. The van der Waals surface area contributed by atoms with Crippen molar-refractivity contribution in [1.29, 1.82) is 0 Å². The van der Waals surface area contributed by atoms with Crippen LogP contribution in [-0.4, -0.2) is 40.3 Å². The van der Waals surface area contributed by atoms with E-state index in [1.807, 2.05) is 0 Å².